The highest BCUT2D eigenvalue weighted by Gasteiger charge is 2.26. The maximum atomic E-state index is 12.8. The molecule has 0 atom stereocenters. The summed E-state index contributed by atoms with van der Waals surface area (Å²) in [5.74, 6) is -1.42. The SMILES string of the molecule is COc1cccc(C(=O)NCc2cc(C(=O)O)c(S(=O)(=O)CC=CN3CCC(=O)CC3)s2)c1. The van der Waals surface area contributed by atoms with Crippen molar-refractivity contribution in [1.29, 1.82) is 0 Å². The summed E-state index contributed by atoms with van der Waals surface area (Å²) in [6.45, 7) is 1.05. The number of ketones is 1. The number of piperidine rings is 1. The maximum Gasteiger partial charge on any atom is 0.337 e. The van der Waals surface area contributed by atoms with Crippen LogP contribution in [-0.4, -0.2) is 62.0 Å². The van der Waals surface area contributed by atoms with Crippen molar-refractivity contribution in [3.63, 3.8) is 0 Å². The molecule has 1 aromatic heterocycles. The number of benzene rings is 1. The van der Waals surface area contributed by atoms with Crippen LogP contribution in [0.15, 0.2) is 46.8 Å². The first-order valence-electron chi connectivity index (χ1n) is 10.1. The van der Waals surface area contributed by atoms with Gasteiger partial charge < -0.3 is 20.1 Å². The predicted octanol–water partition coefficient (Wildman–Crippen LogP) is 2.34. The van der Waals surface area contributed by atoms with Gasteiger partial charge in [0.25, 0.3) is 5.91 Å². The van der Waals surface area contributed by atoms with E-state index in [0.717, 1.165) is 11.3 Å². The number of amides is 1. The van der Waals surface area contributed by atoms with Crippen LogP contribution in [-0.2, 0) is 21.2 Å². The lowest BCUT2D eigenvalue weighted by atomic mass is 10.1. The van der Waals surface area contributed by atoms with Gasteiger partial charge in [-0.2, -0.15) is 0 Å². The topological polar surface area (TPSA) is 130 Å². The third-order valence-corrected chi connectivity index (χ3v) is 8.36. The van der Waals surface area contributed by atoms with Crippen molar-refractivity contribution < 1.29 is 32.6 Å². The summed E-state index contributed by atoms with van der Waals surface area (Å²) in [4.78, 5) is 37.6. The molecule has 0 unspecified atom stereocenters. The van der Waals surface area contributed by atoms with Gasteiger partial charge in [0.2, 0.25) is 0 Å². The Bertz CT molecular complexity index is 1180. The van der Waals surface area contributed by atoms with Gasteiger partial charge in [0.15, 0.2) is 9.84 Å². The third-order valence-electron chi connectivity index (χ3n) is 5.00. The number of carboxylic acids is 1. The Hall–Kier alpha value is -3.18. The molecule has 0 spiro atoms. The second kappa shape index (κ2) is 10.6. The van der Waals surface area contributed by atoms with Crippen LogP contribution < -0.4 is 10.1 Å². The number of methoxy groups -OCH3 is 1. The summed E-state index contributed by atoms with van der Waals surface area (Å²) in [5.41, 5.74) is 0.0457. The molecular formula is C22H24N2O7S2. The number of rotatable bonds is 9. The molecule has 0 radical (unpaired) electrons. The zero-order valence-corrected chi connectivity index (χ0v) is 19.6. The first-order chi connectivity index (χ1) is 15.7. The highest BCUT2D eigenvalue weighted by Crippen LogP contribution is 2.29. The smallest absolute Gasteiger partial charge is 0.337 e. The molecule has 0 bridgehead atoms. The third kappa shape index (κ3) is 6.42. The highest BCUT2D eigenvalue weighted by atomic mass is 32.2. The molecule has 2 aromatic rings. The molecule has 0 saturated carbocycles. The summed E-state index contributed by atoms with van der Waals surface area (Å²) >= 11 is 0.826. The number of sulfone groups is 1. The van der Waals surface area contributed by atoms with E-state index in [4.69, 9.17) is 4.74 Å². The molecule has 2 heterocycles. The number of hydrogen-bond donors (Lipinski definition) is 2. The number of Topliss-reactive ketones (excluding diaryl/α,β-unsaturated/α-hetero) is 1. The fourth-order valence-electron chi connectivity index (χ4n) is 3.24. The van der Waals surface area contributed by atoms with E-state index in [1.54, 1.807) is 30.5 Å². The average molecular weight is 493 g/mol. The van der Waals surface area contributed by atoms with Gasteiger partial charge in [-0.25, -0.2) is 13.2 Å². The normalized spacial score (nSPS) is 14.5. The van der Waals surface area contributed by atoms with Gasteiger partial charge in [-0.05, 0) is 30.5 Å². The summed E-state index contributed by atoms with van der Waals surface area (Å²) in [5, 5.41) is 12.2. The van der Waals surface area contributed by atoms with Crippen LogP contribution in [0.25, 0.3) is 0 Å². The Balaban J connectivity index is 1.69. The molecule has 33 heavy (non-hydrogen) atoms. The molecule has 11 heteroatoms. The van der Waals surface area contributed by atoms with Crippen LogP contribution in [0.1, 0.15) is 38.4 Å². The van der Waals surface area contributed by atoms with Crippen LogP contribution >= 0.6 is 11.3 Å². The Kier molecular flexibility index (Phi) is 7.88. The largest absolute Gasteiger partial charge is 0.497 e. The molecule has 1 saturated heterocycles. The van der Waals surface area contributed by atoms with Crippen LogP contribution in [0.4, 0.5) is 0 Å². The van der Waals surface area contributed by atoms with Gasteiger partial charge in [-0.15, -0.1) is 11.3 Å². The number of carboxylic acid groups (broad SMARTS) is 1. The number of carbonyl (C=O) groups excluding carboxylic acids is 2. The average Bonchev–Trinajstić information content (AvgIpc) is 3.24. The van der Waals surface area contributed by atoms with E-state index in [-0.39, 0.29) is 27.9 Å². The number of nitrogens with one attached hydrogen (secondary N) is 1. The van der Waals surface area contributed by atoms with Crippen molar-refractivity contribution in [3.05, 3.63) is 58.6 Å². The van der Waals surface area contributed by atoms with Crippen molar-refractivity contribution in [3.8, 4) is 5.75 Å². The Labute approximate surface area is 195 Å². The molecular weight excluding hydrogens is 468 g/mol. The number of likely N-dealkylation sites (tertiary alicyclic amines) is 1. The lowest BCUT2D eigenvalue weighted by molar-refractivity contribution is -0.120. The minimum Gasteiger partial charge on any atom is -0.497 e. The first kappa shape index (κ1) is 24.5. The zero-order chi connectivity index (χ0) is 24.0. The van der Waals surface area contributed by atoms with E-state index in [1.807, 2.05) is 4.90 Å². The minimum absolute atomic E-state index is 0.0197. The molecule has 0 aliphatic carbocycles. The van der Waals surface area contributed by atoms with Gasteiger partial charge in [-0.1, -0.05) is 12.1 Å². The fourth-order valence-corrected chi connectivity index (χ4v) is 6.06. The quantitative estimate of drug-likeness (QED) is 0.546. The fraction of sp³-hybridized carbons (Fsp3) is 0.318. The van der Waals surface area contributed by atoms with Crippen LogP contribution in [0, 0.1) is 0 Å². The molecule has 1 fully saturated rings. The van der Waals surface area contributed by atoms with E-state index in [1.165, 1.54) is 19.3 Å². The minimum atomic E-state index is -3.90. The van der Waals surface area contributed by atoms with E-state index in [2.05, 4.69) is 5.32 Å². The number of ether oxygens (including phenoxy) is 1. The van der Waals surface area contributed by atoms with Gasteiger partial charge in [0.1, 0.15) is 15.7 Å². The number of nitrogens with zero attached hydrogens (tertiary/aromatic N) is 1. The number of aromatic carboxylic acids is 1. The Morgan fingerprint density at radius 3 is 2.64 bits per heavy atom. The monoisotopic (exact) mass is 492 g/mol. The van der Waals surface area contributed by atoms with Crippen molar-refractivity contribution in [2.75, 3.05) is 26.0 Å². The molecule has 1 aliphatic rings. The Morgan fingerprint density at radius 1 is 1.24 bits per heavy atom. The number of carbonyl (C=O) groups is 3. The second-order valence-corrected chi connectivity index (χ2v) is 10.7. The molecule has 176 valence electrons. The molecule has 2 N–H and O–H groups in total. The van der Waals surface area contributed by atoms with Crippen LogP contribution in [0.3, 0.4) is 0 Å². The van der Waals surface area contributed by atoms with Gasteiger partial charge in [0.05, 0.1) is 25.0 Å². The summed E-state index contributed by atoms with van der Waals surface area (Å²) in [6, 6.07) is 7.81. The number of thiophene rings is 1. The van der Waals surface area contributed by atoms with Crippen LogP contribution in [0.2, 0.25) is 0 Å². The van der Waals surface area contributed by atoms with E-state index >= 15 is 0 Å². The standard InChI is InChI=1S/C22H24N2O7S2/c1-31-17-5-2-4-15(12-17)20(26)23-14-18-13-19(21(27)28)22(32-18)33(29,30)11-3-8-24-9-6-16(25)7-10-24/h2-5,8,12-13H,6-7,9-11,14H2,1H3,(H,23,26)(H,27,28). The van der Waals surface area contributed by atoms with Gasteiger partial charge >= 0.3 is 5.97 Å². The summed E-state index contributed by atoms with van der Waals surface area (Å²) in [7, 11) is -2.41. The molecule has 3 rings (SSSR count). The van der Waals surface area contributed by atoms with Gasteiger partial charge in [0, 0.05) is 36.4 Å². The lowest BCUT2D eigenvalue weighted by Crippen LogP contribution is -2.29. The molecule has 1 aromatic carbocycles. The Morgan fingerprint density at radius 2 is 1.97 bits per heavy atom. The van der Waals surface area contributed by atoms with Gasteiger partial charge in [-0.3, -0.25) is 9.59 Å². The molecule has 1 amide bonds. The highest BCUT2D eigenvalue weighted by molar-refractivity contribution is 7.93. The van der Waals surface area contributed by atoms with Crippen LogP contribution in [0.5, 0.6) is 5.75 Å². The van der Waals surface area contributed by atoms with Crippen molar-refractivity contribution >= 4 is 38.8 Å². The van der Waals surface area contributed by atoms with Crippen molar-refractivity contribution in [1.82, 2.24) is 10.2 Å². The number of hydrogen-bond acceptors (Lipinski definition) is 8. The van der Waals surface area contributed by atoms with E-state index < -0.39 is 21.7 Å². The predicted molar refractivity (Wildman–Crippen MR) is 122 cm³/mol. The van der Waals surface area contributed by atoms with E-state index in [9.17, 15) is 27.9 Å². The summed E-state index contributed by atoms with van der Waals surface area (Å²) < 4.78 is 30.5. The lowest BCUT2D eigenvalue weighted by Gasteiger charge is -2.23. The van der Waals surface area contributed by atoms with Crippen molar-refractivity contribution in [2.24, 2.45) is 0 Å². The first-order valence-corrected chi connectivity index (χ1v) is 12.6. The molecule has 9 nitrogen and oxygen atoms in total. The zero-order valence-electron chi connectivity index (χ0n) is 17.9. The summed E-state index contributed by atoms with van der Waals surface area (Å²) in [6.07, 6.45) is 3.94. The van der Waals surface area contributed by atoms with E-state index in [0.29, 0.717) is 42.1 Å². The maximum absolute atomic E-state index is 12.8. The van der Waals surface area contributed by atoms with Crippen molar-refractivity contribution in [2.45, 2.75) is 23.6 Å². The second-order valence-electron chi connectivity index (χ2n) is 7.37. The molecule has 1 aliphatic heterocycles.